The summed E-state index contributed by atoms with van der Waals surface area (Å²) in [5.41, 5.74) is 3.20. The second kappa shape index (κ2) is 9.39. The summed E-state index contributed by atoms with van der Waals surface area (Å²) < 4.78 is 1.20. The number of fused-ring (bicyclic) bond motifs is 1. The van der Waals surface area contributed by atoms with E-state index in [2.05, 4.69) is 17.3 Å². The van der Waals surface area contributed by atoms with Crippen LogP contribution in [0.25, 0.3) is 22.0 Å². The summed E-state index contributed by atoms with van der Waals surface area (Å²) in [7, 11) is 0. The molecule has 3 aromatic carbocycles. The first-order chi connectivity index (χ1) is 15.1. The number of hydrogen-bond donors (Lipinski definition) is 1. The lowest BCUT2D eigenvalue weighted by Crippen LogP contribution is -2.29. The summed E-state index contributed by atoms with van der Waals surface area (Å²) in [6.07, 6.45) is 3.33. The molecule has 0 aliphatic carbocycles. The number of benzene rings is 3. The van der Waals surface area contributed by atoms with Crippen molar-refractivity contribution in [2.75, 3.05) is 5.32 Å². The maximum atomic E-state index is 12.5. The van der Waals surface area contributed by atoms with Gasteiger partial charge in [-0.2, -0.15) is 5.10 Å². The van der Waals surface area contributed by atoms with Crippen LogP contribution >= 0.6 is 0 Å². The molecular formula is C26H25N3O2. The van der Waals surface area contributed by atoms with Gasteiger partial charge in [-0.3, -0.25) is 9.59 Å². The van der Waals surface area contributed by atoms with Crippen LogP contribution < -0.4 is 10.9 Å². The van der Waals surface area contributed by atoms with Gasteiger partial charge in [0.2, 0.25) is 5.91 Å². The van der Waals surface area contributed by atoms with Gasteiger partial charge >= 0.3 is 0 Å². The van der Waals surface area contributed by atoms with Gasteiger partial charge in [-0.15, -0.1) is 0 Å². The van der Waals surface area contributed by atoms with Crippen LogP contribution in [0.5, 0.6) is 0 Å². The Morgan fingerprint density at radius 1 is 0.935 bits per heavy atom. The normalized spacial score (nSPS) is 10.9. The van der Waals surface area contributed by atoms with Crippen molar-refractivity contribution in [2.24, 2.45) is 0 Å². The minimum Gasteiger partial charge on any atom is -0.324 e. The van der Waals surface area contributed by atoms with E-state index in [1.165, 1.54) is 16.3 Å². The number of carbonyl (C=O) groups is 1. The van der Waals surface area contributed by atoms with Crippen molar-refractivity contribution in [1.29, 1.82) is 0 Å². The van der Waals surface area contributed by atoms with Crippen molar-refractivity contribution in [3.05, 3.63) is 94.8 Å². The average molecular weight is 412 g/mol. The number of nitrogens with zero attached hydrogens (tertiary/aromatic N) is 2. The van der Waals surface area contributed by atoms with Crippen molar-refractivity contribution < 1.29 is 4.79 Å². The van der Waals surface area contributed by atoms with Gasteiger partial charge < -0.3 is 5.32 Å². The van der Waals surface area contributed by atoms with E-state index in [-0.39, 0.29) is 18.0 Å². The third-order valence-corrected chi connectivity index (χ3v) is 5.26. The summed E-state index contributed by atoms with van der Waals surface area (Å²) in [6, 6.07) is 25.1. The standard InChI is InChI=1S/C26H25N3O2/c1-2-3-6-19-9-13-23(14-10-19)27-25(30)18-29-26(31)16-15-24(28-29)22-12-11-20-7-4-5-8-21(20)17-22/h4-5,7-17H,2-3,6,18H2,1H3,(H,27,30). The third-order valence-electron chi connectivity index (χ3n) is 5.26. The number of hydrogen-bond acceptors (Lipinski definition) is 3. The second-order valence-electron chi connectivity index (χ2n) is 7.63. The van der Waals surface area contributed by atoms with Crippen LogP contribution in [0.3, 0.4) is 0 Å². The van der Waals surface area contributed by atoms with Gasteiger partial charge in [0, 0.05) is 17.3 Å². The highest BCUT2D eigenvalue weighted by Gasteiger charge is 2.09. The molecule has 1 amide bonds. The van der Waals surface area contributed by atoms with E-state index in [4.69, 9.17) is 0 Å². The second-order valence-corrected chi connectivity index (χ2v) is 7.63. The molecule has 4 aromatic rings. The highest BCUT2D eigenvalue weighted by Crippen LogP contribution is 2.22. The van der Waals surface area contributed by atoms with E-state index in [0.29, 0.717) is 11.4 Å². The van der Waals surface area contributed by atoms with Crippen LogP contribution in [0, 0.1) is 0 Å². The van der Waals surface area contributed by atoms with Gasteiger partial charge in [-0.05, 0) is 53.4 Å². The van der Waals surface area contributed by atoms with Gasteiger partial charge in [-0.25, -0.2) is 4.68 Å². The number of amides is 1. The Kier molecular flexibility index (Phi) is 6.22. The first-order valence-electron chi connectivity index (χ1n) is 10.6. The molecule has 5 heteroatoms. The zero-order valence-corrected chi connectivity index (χ0v) is 17.5. The quantitative estimate of drug-likeness (QED) is 0.463. The lowest BCUT2D eigenvalue weighted by Gasteiger charge is -2.09. The Balaban J connectivity index is 1.49. The Bertz CT molecular complexity index is 1260. The maximum Gasteiger partial charge on any atom is 0.267 e. The van der Waals surface area contributed by atoms with Gasteiger partial charge in [0.25, 0.3) is 5.56 Å². The fourth-order valence-electron chi connectivity index (χ4n) is 3.54. The molecule has 0 unspecified atom stereocenters. The molecule has 1 heterocycles. The van der Waals surface area contributed by atoms with E-state index >= 15 is 0 Å². The number of aromatic nitrogens is 2. The fourth-order valence-corrected chi connectivity index (χ4v) is 3.54. The number of unbranched alkanes of at least 4 members (excludes halogenated alkanes) is 1. The smallest absolute Gasteiger partial charge is 0.267 e. The first-order valence-corrected chi connectivity index (χ1v) is 10.6. The Morgan fingerprint density at radius 2 is 1.71 bits per heavy atom. The predicted molar refractivity (Wildman–Crippen MR) is 125 cm³/mol. The Morgan fingerprint density at radius 3 is 2.48 bits per heavy atom. The maximum absolute atomic E-state index is 12.5. The molecule has 0 aliphatic heterocycles. The first kappa shape index (κ1) is 20.5. The minimum atomic E-state index is -0.311. The van der Waals surface area contributed by atoms with E-state index < -0.39 is 0 Å². The van der Waals surface area contributed by atoms with Crippen molar-refractivity contribution in [3.8, 4) is 11.3 Å². The molecule has 0 saturated carbocycles. The van der Waals surface area contributed by atoms with Crippen LogP contribution in [0.2, 0.25) is 0 Å². The summed E-state index contributed by atoms with van der Waals surface area (Å²) in [5, 5.41) is 9.50. The number of aryl methyl sites for hydroxylation is 1. The fraction of sp³-hybridized carbons (Fsp3) is 0.192. The predicted octanol–water partition coefficient (Wildman–Crippen LogP) is 5.04. The number of carbonyl (C=O) groups excluding carboxylic acids is 1. The highest BCUT2D eigenvalue weighted by atomic mass is 16.2. The number of rotatable bonds is 7. The van der Waals surface area contributed by atoms with Gasteiger partial charge in [0.15, 0.2) is 0 Å². The molecule has 0 radical (unpaired) electrons. The van der Waals surface area contributed by atoms with Gasteiger partial charge in [0.1, 0.15) is 6.54 Å². The van der Waals surface area contributed by atoms with Crippen molar-refractivity contribution >= 4 is 22.4 Å². The largest absolute Gasteiger partial charge is 0.324 e. The van der Waals surface area contributed by atoms with E-state index in [1.807, 2.05) is 66.7 Å². The molecular weight excluding hydrogens is 386 g/mol. The van der Waals surface area contributed by atoms with Crippen LogP contribution in [0.1, 0.15) is 25.3 Å². The summed E-state index contributed by atoms with van der Waals surface area (Å²) in [5.74, 6) is -0.286. The van der Waals surface area contributed by atoms with E-state index in [1.54, 1.807) is 6.07 Å². The third kappa shape index (κ3) is 5.07. The van der Waals surface area contributed by atoms with E-state index in [0.717, 1.165) is 35.6 Å². The van der Waals surface area contributed by atoms with Crippen molar-refractivity contribution in [1.82, 2.24) is 9.78 Å². The van der Waals surface area contributed by atoms with Crippen LogP contribution in [-0.2, 0) is 17.8 Å². The molecule has 0 aliphatic rings. The zero-order chi connectivity index (χ0) is 21.6. The number of anilines is 1. The minimum absolute atomic E-state index is 0.141. The Hall–Kier alpha value is -3.73. The van der Waals surface area contributed by atoms with Gasteiger partial charge in [-0.1, -0.05) is 61.9 Å². The Labute approximate surface area is 181 Å². The SMILES string of the molecule is CCCCc1ccc(NC(=O)Cn2nc(-c3ccc4ccccc4c3)ccc2=O)cc1. The molecule has 0 fully saturated rings. The van der Waals surface area contributed by atoms with Crippen LogP contribution in [0.4, 0.5) is 5.69 Å². The van der Waals surface area contributed by atoms with Crippen molar-refractivity contribution in [3.63, 3.8) is 0 Å². The topological polar surface area (TPSA) is 64.0 Å². The lowest BCUT2D eigenvalue weighted by molar-refractivity contribution is -0.117. The molecule has 0 spiro atoms. The molecule has 5 nitrogen and oxygen atoms in total. The molecule has 1 N–H and O–H groups in total. The molecule has 31 heavy (non-hydrogen) atoms. The summed E-state index contributed by atoms with van der Waals surface area (Å²) in [4.78, 5) is 24.8. The molecule has 1 aromatic heterocycles. The molecule has 0 saturated heterocycles. The van der Waals surface area contributed by atoms with E-state index in [9.17, 15) is 9.59 Å². The summed E-state index contributed by atoms with van der Waals surface area (Å²) in [6.45, 7) is 2.03. The van der Waals surface area contributed by atoms with Gasteiger partial charge in [0.05, 0.1) is 5.69 Å². The monoisotopic (exact) mass is 411 g/mol. The lowest BCUT2D eigenvalue weighted by atomic mass is 10.1. The zero-order valence-electron chi connectivity index (χ0n) is 17.5. The summed E-state index contributed by atoms with van der Waals surface area (Å²) >= 11 is 0. The van der Waals surface area contributed by atoms with Crippen LogP contribution in [0.15, 0.2) is 83.7 Å². The molecule has 156 valence electrons. The average Bonchev–Trinajstić information content (AvgIpc) is 2.79. The van der Waals surface area contributed by atoms with Crippen molar-refractivity contribution in [2.45, 2.75) is 32.7 Å². The molecule has 0 bridgehead atoms. The molecule has 0 atom stereocenters. The highest BCUT2D eigenvalue weighted by molar-refractivity contribution is 5.90. The molecule has 4 rings (SSSR count). The van der Waals surface area contributed by atoms with Crippen LogP contribution in [-0.4, -0.2) is 15.7 Å². The number of nitrogens with one attached hydrogen (secondary N) is 1.